The van der Waals surface area contributed by atoms with E-state index in [0.29, 0.717) is 5.69 Å². The number of hydrogen-bond acceptors (Lipinski definition) is 4. The molecule has 1 atom stereocenters. The smallest absolute Gasteiger partial charge is 0.272 e. The average Bonchev–Trinajstić information content (AvgIpc) is 3.24. The standard InChI is InChI=1S/C17H18N4OS/c1-11-15(20(2)10-18-11)17(22)21-9-5-7-13(21)16-19-12-6-3-4-8-14(12)23-16/h3-4,6,8,10,13H,5,7,9H2,1-2H3/t13-/m0/s1. The lowest BCUT2D eigenvalue weighted by molar-refractivity contribution is 0.0725. The third-order valence-electron chi connectivity index (χ3n) is 4.43. The van der Waals surface area contributed by atoms with Gasteiger partial charge in [0.15, 0.2) is 0 Å². The second-order valence-electron chi connectivity index (χ2n) is 5.97. The van der Waals surface area contributed by atoms with Gasteiger partial charge in [0, 0.05) is 13.6 Å². The van der Waals surface area contributed by atoms with E-state index in [2.05, 4.69) is 11.1 Å². The summed E-state index contributed by atoms with van der Waals surface area (Å²) in [6.45, 7) is 2.67. The molecule has 23 heavy (non-hydrogen) atoms. The summed E-state index contributed by atoms with van der Waals surface area (Å²) in [6, 6.07) is 8.22. The molecule has 6 heteroatoms. The molecule has 1 saturated heterocycles. The van der Waals surface area contributed by atoms with Crippen LogP contribution >= 0.6 is 11.3 Å². The van der Waals surface area contributed by atoms with Crippen LogP contribution in [0.15, 0.2) is 30.6 Å². The molecule has 0 spiro atoms. The van der Waals surface area contributed by atoms with E-state index in [1.165, 1.54) is 4.70 Å². The number of aromatic nitrogens is 3. The highest BCUT2D eigenvalue weighted by molar-refractivity contribution is 7.18. The molecule has 118 valence electrons. The summed E-state index contributed by atoms with van der Waals surface area (Å²) >= 11 is 1.69. The predicted octanol–water partition coefficient (Wildman–Crippen LogP) is 3.32. The van der Waals surface area contributed by atoms with Crippen molar-refractivity contribution in [1.29, 1.82) is 0 Å². The van der Waals surface area contributed by atoms with Gasteiger partial charge in [0.25, 0.3) is 5.91 Å². The van der Waals surface area contributed by atoms with Crippen LogP contribution in [0.25, 0.3) is 10.2 Å². The molecule has 1 fully saturated rings. The van der Waals surface area contributed by atoms with Crippen molar-refractivity contribution in [2.24, 2.45) is 7.05 Å². The maximum absolute atomic E-state index is 13.0. The molecule has 3 aromatic rings. The molecule has 0 bridgehead atoms. The molecule has 2 aromatic heterocycles. The maximum Gasteiger partial charge on any atom is 0.272 e. The van der Waals surface area contributed by atoms with Crippen LogP contribution in [-0.2, 0) is 7.05 Å². The summed E-state index contributed by atoms with van der Waals surface area (Å²) in [6.07, 6.45) is 3.69. The van der Waals surface area contributed by atoms with Crippen LogP contribution < -0.4 is 0 Å². The zero-order valence-corrected chi connectivity index (χ0v) is 14.0. The van der Waals surface area contributed by atoms with Gasteiger partial charge in [-0.05, 0) is 31.9 Å². The van der Waals surface area contributed by atoms with Gasteiger partial charge in [0.1, 0.15) is 10.7 Å². The van der Waals surface area contributed by atoms with Crippen LogP contribution in [-0.4, -0.2) is 31.9 Å². The highest BCUT2D eigenvalue weighted by Gasteiger charge is 2.34. The van der Waals surface area contributed by atoms with Crippen LogP contribution in [0.3, 0.4) is 0 Å². The van der Waals surface area contributed by atoms with Gasteiger partial charge in [-0.1, -0.05) is 12.1 Å². The lowest BCUT2D eigenvalue weighted by Crippen LogP contribution is -2.32. The molecule has 3 heterocycles. The van der Waals surface area contributed by atoms with Crippen molar-refractivity contribution in [3.8, 4) is 0 Å². The zero-order valence-electron chi connectivity index (χ0n) is 13.2. The molecule has 1 aliphatic heterocycles. The Bertz CT molecular complexity index is 829. The second-order valence-corrected chi connectivity index (χ2v) is 7.03. The molecule has 5 nitrogen and oxygen atoms in total. The highest BCUT2D eigenvalue weighted by atomic mass is 32.1. The first-order valence-corrected chi connectivity index (χ1v) is 8.61. The minimum absolute atomic E-state index is 0.0595. The van der Waals surface area contributed by atoms with E-state index in [1.54, 1.807) is 17.7 Å². The van der Waals surface area contributed by atoms with E-state index in [9.17, 15) is 4.79 Å². The number of benzene rings is 1. The summed E-state index contributed by atoms with van der Waals surface area (Å²) in [7, 11) is 1.87. The summed E-state index contributed by atoms with van der Waals surface area (Å²) in [5.41, 5.74) is 2.48. The fourth-order valence-electron chi connectivity index (χ4n) is 3.29. The van der Waals surface area contributed by atoms with E-state index in [0.717, 1.165) is 35.6 Å². The minimum Gasteiger partial charge on any atom is -0.330 e. The quantitative estimate of drug-likeness (QED) is 0.726. The van der Waals surface area contributed by atoms with Gasteiger partial charge in [-0.2, -0.15) is 0 Å². The number of nitrogens with zero attached hydrogens (tertiary/aromatic N) is 4. The number of carbonyl (C=O) groups excluding carboxylic acids is 1. The summed E-state index contributed by atoms with van der Waals surface area (Å²) in [4.78, 5) is 23.9. The van der Waals surface area contributed by atoms with Crippen molar-refractivity contribution >= 4 is 27.5 Å². The first-order valence-electron chi connectivity index (χ1n) is 7.79. The Balaban J connectivity index is 1.70. The number of aryl methyl sites for hydroxylation is 2. The lowest BCUT2D eigenvalue weighted by Gasteiger charge is -2.23. The number of fused-ring (bicyclic) bond motifs is 1. The molecular weight excluding hydrogens is 308 g/mol. The number of rotatable bonds is 2. The zero-order chi connectivity index (χ0) is 16.0. The molecular formula is C17H18N4OS. The van der Waals surface area contributed by atoms with Crippen LogP contribution in [0.4, 0.5) is 0 Å². The number of hydrogen-bond donors (Lipinski definition) is 0. The van der Waals surface area contributed by atoms with Crippen molar-refractivity contribution in [3.63, 3.8) is 0 Å². The molecule has 0 aliphatic carbocycles. The van der Waals surface area contributed by atoms with Crippen LogP contribution in [0.2, 0.25) is 0 Å². The third-order valence-corrected chi connectivity index (χ3v) is 5.57. The van der Waals surface area contributed by atoms with E-state index in [4.69, 9.17) is 4.98 Å². The van der Waals surface area contributed by atoms with Gasteiger partial charge < -0.3 is 9.47 Å². The maximum atomic E-state index is 13.0. The molecule has 0 N–H and O–H groups in total. The summed E-state index contributed by atoms with van der Waals surface area (Å²) < 4.78 is 2.99. The largest absolute Gasteiger partial charge is 0.330 e. The van der Waals surface area contributed by atoms with E-state index >= 15 is 0 Å². The topological polar surface area (TPSA) is 51.0 Å². The molecule has 0 unspecified atom stereocenters. The molecule has 4 rings (SSSR count). The monoisotopic (exact) mass is 326 g/mol. The van der Waals surface area contributed by atoms with Crippen molar-refractivity contribution < 1.29 is 4.79 Å². The van der Waals surface area contributed by atoms with Crippen LogP contribution in [0, 0.1) is 6.92 Å². The normalized spacial score (nSPS) is 18.0. The molecule has 1 amide bonds. The number of likely N-dealkylation sites (tertiary alicyclic amines) is 1. The SMILES string of the molecule is Cc1ncn(C)c1C(=O)N1CCC[C@H]1c1nc2ccccc2s1. The lowest BCUT2D eigenvalue weighted by atomic mass is 10.2. The number of para-hydroxylation sites is 1. The Labute approximate surface area is 138 Å². The summed E-state index contributed by atoms with van der Waals surface area (Å²) in [5.74, 6) is 0.0595. The fraction of sp³-hybridized carbons (Fsp3) is 0.353. The molecule has 0 saturated carbocycles. The number of carbonyl (C=O) groups is 1. The van der Waals surface area contributed by atoms with Crippen LogP contribution in [0.5, 0.6) is 0 Å². The highest BCUT2D eigenvalue weighted by Crippen LogP contribution is 2.37. The average molecular weight is 326 g/mol. The van der Waals surface area contributed by atoms with Gasteiger partial charge in [0.05, 0.1) is 28.3 Å². The van der Waals surface area contributed by atoms with Gasteiger partial charge in [-0.3, -0.25) is 4.79 Å². The first-order chi connectivity index (χ1) is 11.1. The molecule has 1 aliphatic rings. The molecule has 0 radical (unpaired) electrons. The third kappa shape index (κ3) is 2.34. The predicted molar refractivity (Wildman–Crippen MR) is 90.6 cm³/mol. The fourth-order valence-corrected chi connectivity index (χ4v) is 4.40. The van der Waals surface area contributed by atoms with E-state index in [1.807, 2.05) is 41.6 Å². The van der Waals surface area contributed by atoms with Crippen LogP contribution in [0.1, 0.15) is 40.1 Å². The second kappa shape index (κ2) is 5.45. The van der Waals surface area contributed by atoms with Crippen molar-refractivity contribution in [2.75, 3.05) is 6.54 Å². The van der Waals surface area contributed by atoms with Gasteiger partial charge >= 0.3 is 0 Å². The first kappa shape index (κ1) is 14.4. The Morgan fingerprint density at radius 3 is 2.91 bits per heavy atom. The summed E-state index contributed by atoms with van der Waals surface area (Å²) in [5, 5.41) is 1.04. The van der Waals surface area contributed by atoms with Crippen molar-refractivity contribution in [3.05, 3.63) is 47.0 Å². The van der Waals surface area contributed by atoms with Crippen molar-refractivity contribution in [2.45, 2.75) is 25.8 Å². The van der Waals surface area contributed by atoms with E-state index < -0.39 is 0 Å². The van der Waals surface area contributed by atoms with Crippen molar-refractivity contribution in [1.82, 2.24) is 19.4 Å². The number of thiazole rings is 1. The Hall–Kier alpha value is -2.21. The van der Waals surface area contributed by atoms with Gasteiger partial charge in [-0.15, -0.1) is 11.3 Å². The van der Waals surface area contributed by atoms with Gasteiger partial charge in [-0.25, -0.2) is 9.97 Å². The Morgan fingerprint density at radius 1 is 1.35 bits per heavy atom. The minimum atomic E-state index is 0.0595. The Kier molecular flexibility index (Phi) is 3.41. The number of imidazole rings is 1. The van der Waals surface area contributed by atoms with E-state index in [-0.39, 0.29) is 11.9 Å². The Morgan fingerprint density at radius 2 is 2.17 bits per heavy atom. The molecule has 1 aromatic carbocycles. The number of amides is 1. The van der Waals surface area contributed by atoms with Gasteiger partial charge in [0.2, 0.25) is 0 Å².